The largest absolute Gasteiger partial charge is 0.493 e. The molecule has 0 aliphatic carbocycles. The highest BCUT2D eigenvalue weighted by molar-refractivity contribution is 6.32. The van der Waals surface area contributed by atoms with Crippen molar-refractivity contribution < 1.29 is 9.53 Å². The molecule has 0 atom stereocenters. The van der Waals surface area contributed by atoms with Gasteiger partial charge in [-0.25, -0.2) is 0 Å². The molecule has 2 nitrogen and oxygen atoms in total. The molecule has 1 aromatic rings. The normalized spacial score (nSPS) is 10.4. The molecule has 0 aromatic heterocycles. The molecule has 0 N–H and O–H groups in total. The quantitative estimate of drug-likeness (QED) is 0.595. The third-order valence-electron chi connectivity index (χ3n) is 2.55. The van der Waals surface area contributed by atoms with Crippen LogP contribution in [0.3, 0.4) is 0 Å². The summed E-state index contributed by atoms with van der Waals surface area (Å²) in [5.74, 6) is 0.908. The first-order valence-electron chi connectivity index (χ1n) is 5.54. The molecule has 4 heteroatoms. The second-order valence-electron chi connectivity index (χ2n) is 3.80. The standard InChI is InChI=1S/C13H16Cl2O2/c1-4-17-13-8(2)7-10(15)9(3)12(13)11(16)5-6-14/h7H,4-6H2,1-3H3. The van der Waals surface area contributed by atoms with Crippen LogP contribution in [0.4, 0.5) is 0 Å². The number of carbonyl (C=O) groups is 1. The van der Waals surface area contributed by atoms with Gasteiger partial charge in [0.1, 0.15) is 5.75 Å². The van der Waals surface area contributed by atoms with Crippen LogP contribution >= 0.6 is 23.2 Å². The number of rotatable bonds is 5. The Labute approximate surface area is 112 Å². The van der Waals surface area contributed by atoms with Crippen molar-refractivity contribution in [3.05, 3.63) is 27.8 Å². The molecular weight excluding hydrogens is 259 g/mol. The first kappa shape index (κ1) is 14.3. The zero-order valence-corrected chi connectivity index (χ0v) is 11.8. The first-order valence-corrected chi connectivity index (χ1v) is 6.45. The summed E-state index contributed by atoms with van der Waals surface area (Å²) in [7, 11) is 0. The predicted molar refractivity (Wildman–Crippen MR) is 71.8 cm³/mol. The maximum atomic E-state index is 12.0. The molecule has 0 saturated carbocycles. The summed E-state index contributed by atoms with van der Waals surface area (Å²) in [6.45, 7) is 6.11. The summed E-state index contributed by atoms with van der Waals surface area (Å²) in [5, 5.41) is 0.587. The van der Waals surface area contributed by atoms with Crippen molar-refractivity contribution >= 4 is 29.0 Å². The Balaban J connectivity index is 3.36. The van der Waals surface area contributed by atoms with Gasteiger partial charge in [-0.3, -0.25) is 4.79 Å². The number of Topliss-reactive ketones (excluding diaryl/α,β-unsaturated/α-hetero) is 1. The lowest BCUT2D eigenvalue weighted by Gasteiger charge is -2.15. The highest BCUT2D eigenvalue weighted by atomic mass is 35.5. The SMILES string of the molecule is CCOc1c(C)cc(Cl)c(C)c1C(=O)CCCl. The van der Waals surface area contributed by atoms with E-state index in [1.54, 1.807) is 0 Å². The summed E-state index contributed by atoms with van der Waals surface area (Å²) >= 11 is 11.7. The van der Waals surface area contributed by atoms with Crippen LogP contribution in [0.5, 0.6) is 5.75 Å². The molecular formula is C13H16Cl2O2. The highest BCUT2D eigenvalue weighted by Gasteiger charge is 2.19. The minimum Gasteiger partial charge on any atom is -0.493 e. The number of carbonyl (C=O) groups excluding carboxylic acids is 1. The molecule has 0 heterocycles. The predicted octanol–water partition coefficient (Wildman–Crippen LogP) is 4.17. The molecule has 0 aliphatic heterocycles. The van der Waals surface area contributed by atoms with Crippen LogP contribution in [-0.2, 0) is 0 Å². The summed E-state index contributed by atoms with van der Waals surface area (Å²) < 4.78 is 5.55. The van der Waals surface area contributed by atoms with Crippen molar-refractivity contribution in [2.24, 2.45) is 0 Å². The van der Waals surface area contributed by atoms with Crippen LogP contribution in [-0.4, -0.2) is 18.3 Å². The molecule has 0 spiro atoms. The van der Waals surface area contributed by atoms with E-state index in [1.165, 1.54) is 0 Å². The smallest absolute Gasteiger partial charge is 0.168 e. The van der Waals surface area contributed by atoms with Gasteiger partial charge in [0.15, 0.2) is 5.78 Å². The molecule has 0 amide bonds. The summed E-state index contributed by atoms with van der Waals surface area (Å²) in [6, 6.07) is 1.82. The molecule has 0 radical (unpaired) electrons. The van der Waals surface area contributed by atoms with Crippen molar-refractivity contribution in [3.63, 3.8) is 0 Å². The van der Waals surface area contributed by atoms with Gasteiger partial charge in [-0.1, -0.05) is 11.6 Å². The van der Waals surface area contributed by atoms with Gasteiger partial charge >= 0.3 is 0 Å². The second kappa shape index (κ2) is 6.27. The zero-order chi connectivity index (χ0) is 13.0. The molecule has 1 aromatic carbocycles. The number of hydrogen-bond acceptors (Lipinski definition) is 2. The molecule has 1 rings (SSSR count). The van der Waals surface area contributed by atoms with Crippen LogP contribution in [0.2, 0.25) is 5.02 Å². The molecule has 0 fully saturated rings. The van der Waals surface area contributed by atoms with Gasteiger partial charge < -0.3 is 4.74 Å². The third kappa shape index (κ3) is 3.14. The van der Waals surface area contributed by atoms with E-state index < -0.39 is 0 Å². The Kier molecular flexibility index (Phi) is 5.29. The van der Waals surface area contributed by atoms with Gasteiger partial charge in [0.2, 0.25) is 0 Å². The van der Waals surface area contributed by atoms with Crippen LogP contribution in [0.1, 0.15) is 34.8 Å². The Morgan fingerprint density at radius 3 is 2.59 bits per heavy atom. The Bertz CT molecular complexity index is 428. The molecule has 0 bridgehead atoms. The summed E-state index contributed by atoms with van der Waals surface area (Å²) in [6.07, 6.45) is 0.294. The van der Waals surface area contributed by atoms with Gasteiger partial charge in [-0.2, -0.15) is 0 Å². The molecule has 0 saturated heterocycles. The van der Waals surface area contributed by atoms with E-state index >= 15 is 0 Å². The molecule has 0 aliphatic rings. The number of aryl methyl sites for hydroxylation is 1. The summed E-state index contributed by atoms with van der Waals surface area (Å²) in [4.78, 5) is 12.0. The number of ether oxygens (including phenoxy) is 1. The Morgan fingerprint density at radius 2 is 2.06 bits per heavy atom. The minimum absolute atomic E-state index is 0.0217. The number of hydrogen-bond donors (Lipinski definition) is 0. The molecule has 94 valence electrons. The van der Waals surface area contributed by atoms with Gasteiger partial charge in [-0.05, 0) is 38.0 Å². The monoisotopic (exact) mass is 274 g/mol. The fraction of sp³-hybridized carbons (Fsp3) is 0.462. The van der Waals surface area contributed by atoms with Gasteiger partial charge in [0.25, 0.3) is 0 Å². The van der Waals surface area contributed by atoms with Crippen molar-refractivity contribution in [1.29, 1.82) is 0 Å². The van der Waals surface area contributed by atoms with E-state index in [0.29, 0.717) is 35.2 Å². The number of benzene rings is 1. The van der Waals surface area contributed by atoms with E-state index in [-0.39, 0.29) is 5.78 Å². The van der Waals surface area contributed by atoms with Crippen molar-refractivity contribution in [2.75, 3.05) is 12.5 Å². The van der Waals surface area contributed by atoms with Crippen LogP contribution < -0.4 is 4.74 Å². The fourth-order valence-corrected chi connectivity index (χ4v) is 2.16. The Hall–Kier alpha value is -0.730. The van der Waals surface area contributed by atoms with Crippen LogP contribution in [0.15, 0.2) is 6.07 Å². The maximum absolute atomic E-state index is 12.0. The lowest BCUT2D eigenvalue weighted by molar-refractivity contribution is 0.0984. The van der Waals surface area contributed by atoms with Crippen molar-refractivity contribution in [3.8, 4) is 5.75 Å². The van der Waals surface area contributed by atoms with E-state index in [0.717, 1.165) is 11.1 Å². The lowest BCUT2D eigenvalue weighted by atomic mass is 9.98. The molecule has 0 unspecified atom stereocenters. The van der Waals surface area contributed by atoms with E-state index in [9.17, 15) is 4.79 Å². The van der Waals surface area contributed by atoms with E-state index in [1.807, 2.05) is 26.8 Å². The second-order valence-corrected chi connectivity index (χ2v) is 4.58. The summed E-state index contributed by atoms with van der Waals surface area (Å²) in [5.41, 5.74) is 2.20. The lowest BCUT2D eigenvalue weighted by Crippen LogP contribution is -2.09. The number of halogens is 2. The average molecular weight is 275 g/mol. The fourth-order valence-electron chi connectivity index (χ4n) is 1.73. The van der Waals surface area contributed by atoms with Crippen molar-refractivity contribution in [1.82, 2.24) is 0 Å². The van der Waals surface area contributed by atoms with Crippen molar-refractivity contribution in [2.45, 2.75) is 27.2 Å². The maximum Gasteiger partial charge on any atom is 0.168 e. The van der Waals surface area contributed by atoms with E-state index in [4.69, 9.17) is 27.9 Å². The molecule has 17 heavy (non-hydrogen) atoms. The van der Waals surface area contributed by atoms with Gasteiger partial charge in [0.05, 0.1) is 12.2 Å². The number of alkyl halides is 1. The first-order chi connectivity index (χ1) is 8.02. The average Bonchev–Trinajstić information content (AvgIpc) is 2.26. The zero-order valence-electron chi connectivity index (χ0n) is 10.3. The topological polar surface area (TPSA) is 26.3 Å². The van der Waals surface area contributed by atoms with E-state index in [2.05, 4.69) is 0 Å². The van der Waals surface area contributed by atoms with Gasteiger partial charge in [0, 0.05) is 17.3 Å². The van der Waals surface area contributed by atoms with Crippen LogP contribution in [0.25, 0.3) is 0 Å². The Morgan fingerprint density at radius 1 is 1.41 bits per heavy atom. The van der Waals surface area contributed by atoms with Gasteiger partial charge in [-0.15, -0.1) is 11.6 Å². The highest BCUT2D eigenvalue weighted by Crippen LogP contribution is 2.33. The minimum atomic E-state index is -0.0217. The number of ketones is 1. The third-order valence-corrected chi connectivity index (χ3v) is 3.13. The van der Waals surface area contributed by atoms with Crippen LogP contribution in [0, 0.1) is 13.8 Å².